The van der Waals surface area contributed by atoms with Crippen LogP contribution in [-0.2, 0) is 4.79 Å². The van der Waals surface area contributed by atoms with Crippen molar-refractivity contribution in [3.8, 4) is 5.75 Å². The van der Waals surface area contributed by atoms with Crippen molar-refractivity contribution in [1.29, 1.82) is 0 Å². The Morgan fingerprint density at radius 1 is 0.958 bits per heavy atom. The summed E-state index contributed by atoms with van der Waals surface area (Å²) in [6.07, 6.45) is -0.564. The number of nitrogens with one attached hydrogen (secondary N) is 1. The summed E-state index contributed by atoms with van der Waals surface area (Å²) in [5, 5.41) is 2.93. The molecule has 3 nitrogen and oxygen atoms in total. The molecule has 1 atom stereocenters. The van der Waals surface area contributed by atoms with E-state index in [-0.39, 0.29) is 5.91 Å². The average Bonchev–Trinajstić information content (AvgIpc) is 2.50. The van der Waals surface area contributed by atoms with Crippen molar-refractivity contribution in [2.75, 3.05) is 5.32 Å². The van der Waals surface area contributed by atoms with Gasteiger partial charge in [-0.2, -0.15) is 0 Å². The minimum atomic E-state index is -0.564. The molecule has 0 radical (unpaired) electrons. The Kier molecular flexibility index (Phi) is 5.66. The SMILES string of the molecule is Cc1ccc(C(C)C)c(OC(C)C(=O)Nc2ccc(C)c(C)c2)c1. The van der Waals surface area contributed by atoms with Gasteiger partial charge in [-0.25, -0.2) is 0 Å². The van der Waals surface area contributed by atoms with Gasteiger partial charge in [0.1, 0.15) is 5.75 Å². The van der Waals surface area contributed by atoms with E-state index >= 15 is 0 Å². The largest absolute Gasteiger partial charge is 0.481 e. The summed E-state index contributed by atoms with van der Waals surface area (Å²) in [6.45, 7) is 12.1. The molecule has 1 amide bonds. The lowest BCUT2D eigenvalue weighted by Crippen LogP contribution is -2.30. The minimum absolute atomic E-state index is 0.144. The molecule has 0 aliphatic rings. The average molecular weight is 325 g/mol. The van der Waals surface area contributed by atoms with Gasteiger partial charge < -0.3 is 10.1 Å². The number of aryl methyl sites for hydroxylation is 3. The van der Waals surface area contributed by atoms with Crippen molar-refractivity contribution in [2.24, 2.45) is 0 Å². The van der Waals surface area contributed by atoms with Crippen LogP contribution in [0.5, 0.6) is 5.75 Å². The van der Waals surface area contributed by atoms with Crippen LogP contribution in [0, 0.1) is 20.8 Å². The van der Waals surface area contributed by atoms with E-state index in [0.717, 1.165) is 28.1 Å². The van der Waals surface area contributed by atoms with Crippen LogP contribution in [0.2, 0.25) is 0 Å². The van der Waals surface area contributed by atoms with E-state index < -0.39 is 6.10 Å². The number of hydrogen-bond acceptors (Lipinski definition) is 2. The van der Waals surface area contributed by atoms with Crippen LogP contribution in [0.15, 0.2) is 36.4 Å². The Labute approximate surface area is 145 Å². The monoisotopic (exact) mass is 325 g/mol. The summed E-state index contributed by atoms with van der Waals surface area (Å²) in [5.74, 6) is 0.984. The number of carbonyl (C=O) groups is 1. The molecule has 0 spiro atoms. The third kappa shape index (κ3) is 4.38. The second-order valence-corrected chi connectivity index (χ2v) is 6.74. The Morgan fingerprint density at radius 2 is 1.67 bits per heavy atom. The highest BCUT2D eigenvalue weighted by atomic mass is 16.5. The molecule has 0 fully saturated rings. The van der Waals surface area contributed by atoms with Crippen molar-refractivity contribution < 1.29 is 9.53 Å². The van der Waals surface area contributed by atoms with Gasteiger partial charge in [0.25, 0.3) is 5.91 Å². The Morgan fingerprint density at radius 3 is 2.29 bits per heavy atom. The van der Waals surface area contributed by atoms with Gasteiger partial charge in [-0.05, 0) is 74.1 Å². The van der Waals surface area contributed by atoms with E-state index in [2.05, 4.69) is 38.2 Å². The van der Waals surface area contributed by atoms with Crippen LogP contribution in [0.3, 0.4) is 0 Å². The van der Waals surface area contributed by atoms with E-state index in [1.165, 1.54) is 5.56 Å². The lowest BCUT2D eigenvalue weighted by molar-refractivity contribution is -0.122. The van der Waals surface area contributed by atoms with Gasteiger partial charge in [-0.15, -0.1) is 0 Å². The molecular weight excluding hydrogens is 298 g/mol. The van der Waals surface area contributed by atoms with Gasteiger partial charge in [-0.3, -0.25) is 4.79 Å². The molecule has 0 aliphatic heterocycles. The lowest BCUT2D eigenvalue weighted by atomic mass is 10.0. The fraction of sp³-hybridized carbons (Fsp3) is 0.381. The zero-order valence-corrected chi connectivity index (χ0v) is 15.4. The molecule has 1 unspecified atom stereocenters. The quantitative estimate of drug-likeness (QED) is 0.826. The molecule has 2 aromatic rings. The van der Waals surface area contributed by atoms with Crippen molar-refractivity contribution >= 4 is 11.6 Å². The minimum Gasteiger partial charge on any atom is -0.481 e. The Bertz CT molecular complexity index is 735. The zero-order valence-electron chi connectivity index (χ0n) is 15.4. The van der Waals surface area contributed by atoms with Crippen LogP contribution >= 0.6 is 0 Å². The molecule has 0 saturated heterocycles. The summed E-state index contributed by atoms with van der Waals surface area (Å²) >= 11 is 0. The van der Waals surface area contributed by atoms with Gasteiger partial charge in [0.2, 0.25) is 0 Å². The smallest absolute Gasteiger partial charge is 0.265 e. The number of ether oxygens (including phenoxy) is 1. The van der Waals surface area contributed by atoms with Crippen LogP contribution in [-0.4, -0.2) is 12.0 Å². The first kappa shape index (κ1) is 18.1. The second-order valence-electron chi connectivity index (χ2n) is 6.74. The molecule has 128 valence electrons. The normalized spacial score (nSPS) is 12.1. The number of hydrogen-bond donors (Lipinski definition) is 1. The van der Waals surface area contributed by atoms with Crippen molar-refractivity contribution in [1.82, 2.24) is 0 Å². The first-order valence-corrected chi connectivity index (χ1v) is 8.43. The molecule has 0 saturated carbocycles. The van der Waals surface area contributed by atoms with Gasteiger partial charge in [0.15, 0.2) is 6.10 Å². The van der Waals surface area contributed by atoms with Gasteiger partial charge in [0.05, 0.1) is 0 Å². The molecule has 3 heteroatoms. The highest BCUT2D eigenvalue weighted by Gasteiger charge is 2.18. The van der Waals surface area contributed by atoms with Crippen molar-refractivity contribution in [3.05, 3.63) is 58.7 Å². The number of rotatable bonds is 5. The Hall–Kier alpha value is -2.29. The lowest BCUT2D eigenvalue weighted by Gasteiger charge is -2.19. The van der Waals surface area contributed by atoms with Crippen LogP contribution < -0.4 is 10.1 Å². The third-order valence-electron chi connectivity index (χ3n) is 4.24. The maximum absolute atomic E-state index is 12.4. The first-order chi connectivity index (χ1) is 11.3. The molecule has 0 aromatic heterocycles. The van der Waals surface area contributed by atoms with E-state index in [4.69, 9.17) is 4.74 Å². The van der Waals surface area contributed by atoms with Crippen molar-refractivity contribution in [2.45, 2.75) is 53.6 Å². The summed E-state index contributed by atoms with van der Waals surface area (Å²) in [4.78, 5) is 12.4. The van der Waals surface area contributed by atoms with Gasteiger partial charge in [0, 0.05) is 5.69 Å². The number of carbonyl (C=O) groups excluding carboxylic acids is 1. The third-order valence-corrected chi connectivity index (χ3v) is 4.24. The highest BCUT2D eigenvalue weighted by Crippen LogP contribution is 2.28. The molecule has 0 heterocycles. The van der Waals surface area contributed by atoms with E-state index in [1.54, 1.807) is 6.92 Å². The molecule has 2 rings (SSSR count). The summed E-state index contributed by atoms with van der Waals surface area (Å²) in [7, 11) is 0. The van der Waals surface area contributed by atoms with Crippen LogP contribution in [0.25, 0.3) is 0 Å². The number of anilines is 1. The van der Waals surface area contributed by atoms with E-state index in [9.17, 15) is 4.79 Å². The number of amides is 1. The maximum Gasteiger partial charge on any atom is 0.265 e. The molecular formula is C21H27NO2. The second kappa shape index (κ2) is 7.52. The van der Waals surface area contributed by atoms with Crippen molar-refractivity contribution in [3.63, 3.8) is 0 Å². The predicted octanol–water partition coefficient (Wildman–Crippen LogP) is 5.14. The topological polar surface area (TPSA) is 38.3 Å². The highest BCUT2D eigenvalue weighted by molar-refractivity contribution is 5.94. The van der Waals surface area contributed by atoms with E-state index in [1.807, 2.05) is 38.1 Å². The molecule has 2 aromatic carbocycles. The first-order valence-electron chi connectivity index (χ1n) is 8.43. The van der Waals surface area contributed by atoms with Crippen LogP contribution in [0.1, 0.15) is 48.9 Å². The standard InChI is InChI=1S/C21H27NO2/c1-13(2)19-10-7-14(3)11-20(19)24-17(6)21(23)22-18-9-8-15(4)16(5)12-18/h7-13,17H,1-6H3,(H,22,23). The van der Waals surface area contributed by atoms with Gasteiger partial charge >= 0.3 is 0 Å². The molecule has 1 N–H and O–H groups in total. The fourth-order valence-electron chi connectivity index (χ4n) is 2.53. The molecule has 0 bridgehead atoms. The fourth-order valence-corrected chi connectivity index (χ4v) is 2.53. The molecule has 0 aliphatic carbocycles. The van der Waals surface area contributed by atoms with E-state index in [0.29, 0.717) is 5.92 Å². The summed E-state index contributed by atoms with van der Waals surface area (Å²) in [6, 6.07) is 12.0. The number of benzene rings is 2. The summed E-state index contributed by atoms with van der Waals surface area (Å²) in [5.41, 5.74) is 5.40. The molecule has 24 heavy (non-hydrogen) atoms. The zero-order chi connectivity index (χ0) is 17.9. The predicted molar refractivity (Wildman–Crippen MR) is 99.9 cm³/mol. The summed E-state index contributed by atoms with van der Waals surface area (Å²) < 4.78 is 5.96. The Balaban J connectivity index is 2.11. The van der Waals surface area contributed by atoms with Gasteiger partial charge in [-0.1, -0.05) is 32.0 Å². The maximum atomic E-state index is 12.4. The van der Waals surface area contributed by atoms with Crippen LogP contribution in [0.4, 0.5) is 5.69 Å².